The molecule has 0 amide bonds. The third-order valence-electron chi connectivity index (χ3n) is 3.89. The molecule has 0 aromatic heterocycles. The van der Waals surface area contributed by atoms with Crippen molar-refractivity contribution >= 4 is 0 Å². The van der Waals surface area contributed by atoms with Crippen molar-refractivity contribution in [2.75, 3.05) is 19.8 Å². The van der Waals surface area contributed by atoms with Crippen LogP contribution >= 0.6 is 0 Å². The van der Waals surface area contributed by atoms with Gasteiger partial charge in [0.25, 0.3) is 0 Å². The van der Waals surface area contributed by atoms with E-state index in [4.69, 9.17) is 14.6 Å². The second-order valence-electron chi connectivity index (χ2n) is 5.59. The number of unbranched alkanes of at least 4 members (excludes halogenated alkanes) is 7. The first-order valence-electron chi connectivity index (χ1n) is 8.22. The van der Waals surface area contributed by atoms with Crippen LogP contribution in [0.5, 0.6) is 0 Å². The SMILES string of the molecule is CCCCCCCCCCOC1CCOC1CCO. The van der Waals surface area contributed by atoms with Gasteiger partial charge in [0.1, 0.15) is 0 Å². The van der Waals surface area contributed by atoms with Gasteiger partial charge in [-0.2, -0.15) is 0 Å². The summed E-state index contributed by atoms with van der Waals surface area (Å²) in [5, 5.41) is 8.94. The van der Waals surface area contributed by atoms with Gasteiger partial charge < -0.3 is 14.6 Å². The minimum absolute atomic E-state index is 0.124. The van der Waals surface area contributed by atoms with E-state index >= 15 is 0 Å². The number of aliphatic hydroxyl groups excluding tert-OH is 1. The fourth-order valence-corrected chi connectivity index (χ4v) is 2.69. The molecule has 0 saturated carbocycles. The van der Waals surface area contributed by atoms with Gasteiger partial charge >= 0.3 is 0 Å². The van der Waals surface area contributed by atoms with Crippen LogP contribution in [0, 0.1) is 0 Å². The molecule has 2 unspecified atom stereocenters. The molecule has 0 aromatic rings. The van der Waals surface area contributed by atoms with E-state index < -0.39 is 0 Å². The van der Waals surface area contributed by atoms with Gasteiger partial charge in [-0.25, -0.2) is 0 Å². The smallest absolute Gasteiger partial charge is 0.0859 e. The van der Waals surface area contributed by atoms with Crippen LogP contribution in [0.15, 0.2) is 0 Å². The largest absolute Gasteiger partial charge is 0.396 e. The molecule has 114 valence electrons. The number of ether oxygens (including phenoxy) is 2. The number of aliphatic hydroxyl groups is 1. The van der Waals surface area contributed by atoms with Crippen LogP contribution in [0.3, 0.4) is 0 Å². The van der Waals surface area contributed by atoms with Crippen molar-refractivity contribution in [3.8, 4) is 0 Å². The molecule has 3 heteroatoms. The first kappa shape index (κ1) is 16.9. The van der Waals surface area contributed by atoms with E-state index in [9.17, 15) is 0 Å². The lowest BCUT2D eigenvalue weighted by atomic mass is 10.1. The fourth-order valence-electron chi connectivity index (χ4n) is 2.69. The molecule has 1 fully saturated rings. The summed E-state index contributed by atoms with van der Waals surface area (Å²) in [4.78, 5) is 0. The fraction of sp³-hybridized carbons (Fsp3) is 1.00. The van der Waals surface area contributed by atoms with Gasteiger partial charge in [0.2, 0.25) is 0 Å². The highest BCUT2D eigenvalue weighted by Gasteiger charge is 2.28. The van der Waals surface area contributed by atoms with E-state index in [1.54, 1.807) is 0 Å². The molecule has 1 aliphatic heterocycles. The van der Waals surface area contributed by atoms with Gasteiger partial charge in [-0.05, 0) is 19.3 Å². The molecule has 0 aliphatic carbocycles. The second-order valence-corrected chi connectivity index (χ2v) is 5.59. The van der Waals surface area contributed by atoms with Crippen LogP contribution in [-0.4, -0.2) is 37.1 Å². The molecule has 0 radical (unpaired) electrons. The maximum Gasteiger partial charge on any atom is 0.0859 e. The summed E-state index contributed by atoms with van der Waals surface area (Å²) < 4.78 is 11.4. The van der Waals surface area contributed by atoms with Gasteiger partial charge in [-0.3, -0.25) is 0 Å². The van der Waals surface area contributed by atoms with Gasteiger partial charge in [0.15, 0.2) is 0 Å². The Morgan fingerprint density at radius 3 is 2.42 bits per heavy atom. The van der Waals surface area contributed by atoms with Crippen molar-refractivity contribution < 1.29 is 14.6 Å². The van der Waals surface area contributed by atoms with E-state index in [0.717, 1.165) is 26.1 Å². The Kier molecular flexibility index (Phi) is 10.4. The summed E-state index contributed by atoms with van der Waals surface area (Å²) in [7, 11) is 0. The molecule has 19 heavy (non-hydrogen) atoms. The van der Waals surface area contributed by atoms with Gasteiger partial charge in [0, 0.05) is 19.8 Å². The molecule has 1 aliphatic rings. The highest BCUT2D eigenvalue weighted by atomic mass is 16.6. The first-order chi connectivity index (χ1) is 9.38. The third-order valence-corrected chi connectivity index (χ3v) is 3.89. The monoisotopic (exact) mass is 272 g/mol. The summed E-state index contributed by atoms with van der Waals surface area (Å²) >= 11 is 0. The zero-order valence-electron chi connectivity index (χ0n) is 12.6. The van der Waals surface area contributed by atoms with E-state index in [2.05, 4.69) is 6.92 Å². The Labute approximate surface area is 118 Å². The molecule has 0 spiro atoms. The summed E-state index contributed by atoms with van der Waals surface area (Å²) in [6.45, 7) is 4.09. The van der Waals surface area contributed by atoms with Crippen molar-refractivity contribution in [2.45, 2.75) is 83.3 Å². The van der Waals surface area contributed by atoms with Crippen molar-refractivity contribution in [1.29, 1.82) is 0 Å². The zero-order valence-corrected chi connectivity index (χ0v) is 12.6. The Hall–Kier alpha value is -0.120. The lowest BCUT2D eigenvalue weighted by molar-refractivity contribution is -0.0197. The van der Waals surface area contributed by atoms with Crippen molar-refractivity contribution in [1.82, 2.24) is 0 Å². The summed E-state index contributed by atoms with van der Waals surface area (Å²) in [5.74, 6) is 0. The first-order valence-corrected chi connectivity index (χ1v) is 8.22. The molecular weight excluding hydrogens is 240 g/mol. The molecule has 3 nitrogen and oxygen atoms in total. The third kappa shape index (κ3) is 7.91. The molecular formula is C16H32O3. The second kappa shape index (κ2) is 11.7. The quantitative estimate of drug-likeness (QED) is 0.551. The van der Waals surface area contributed by atoms with Crippen molar-refractivity contribution in [3.05, 3.63) is 0 Å². The lowest BCUT2D eigenvalue weighted by Gasteiger charge is -2.18. The van der Waals surface area contributed by atoms with E-state index in [1.165, 1.54) is 44.9 Å². The summed E-state index contributed by atoms with van der Waals surface area (Å²) in [5.41, 5.74) is 0. The summed E-state index contributed by atoms with van der Waals surface area (Å²) in [6.07, 6.45) is 12.7. The minimum atomic E-state index is 0.124. The van der Waals surface area contributed by atoms with Gasteiger partial charge in [-0.15, -0.1) is 0 Å². The lowest BCUT2D eigenvalue weighted by Crippen LogP contribution is -2.25. The molecule has 2 atom stereocenters. The molecule has 1 rings (SSSR count). The Morgan fingerprint density at radius 2 is 1.74 bits per heavy atom. The maximum absolute atomic E-state index is 8.94. The Bertz CT molecular complexity index is 196. The van der Waals surface area contributed by atoms with Crippen molar-refractivity contribution in [3.63, 3.8) is 0 Å². The highest BCUT2D eigenvalue weighted by Crippen LogP contribution is 2.20. The molecule has 1 N–H and O–H groups in total. The molecule has 1 saturated heterocycles. The van der Waals surface area contributed by atoms with Crippen LogP contribution < -0.4 is 0 Å². The topological polar surface area (TPSA) is 38.7 Å². The van der Waals surface area contributed by atoms with E-state index in [0.29, 0.717) is 6.42 Å². The minimum Gasteiger partial charge on any atom is -0.396 e. The number of hydrogen-bond acceptors (Lipinski definition) is 3. The van der Waals surface area contributed by atoms with Crippen LogP contribution in [-0.2, 0) is 9.47 Å². The van der Waals surface area contributed by atoms with Gasteiger partial charge in [-0.1, -0.05) is 51.9 Å². The predicted molar refractivity (Wildman–Crippen MR) is 78.4 cm³/mol. The van der Waals surface area contributed by atoms with Crippen LogP contribution in [0.2, 0.25) is 0 Å². The highest BCUT2D eigenvalue weighted by molar-refractivity contribution is 4.76. The van der Waals surface area contributed by atoms with E-state index in [-0.39, 0.29) is 18.8 Å². The summed E-state index contributed by atoms with van der Waals surface area (Å²) in [6, 6.07) is 0. The van der Waals surface area contributed by atoms with Crippen LogP contribution in [0.25, 0.3) is 0 Å². The molecule has 1 heterocycles. The van der Waals surface area contributed by atoms with Crippen molar-refractivity contribution in [2.24, 2.45) is 0 Å². The normalized spacial score (nSPS) is 23.1. The number of hydrogen-bond donors (Lipinski definition) is 1. The van der Waals surface area contributed by atoms with E-state index in [1.807, 2.05) is 0 Å². The maximum atomic E-state index is 8.94. The standard InChI is InChI=1S/C16H32O3/c1-2-3-4-5-6-7-8-9-13-18-16-11-14-19-15(16)10-12-17/h15-17H,2-14H2,1H3. The molecule has 0 bridgehead atoms. The predicted octanol–water partition coefficient (Wildman–Crippen LogP) is 3.68. The van der Waals surface area contributed by atoms with Crippen LogP contribution in [0.1, 0.15) is 71.1 Å². The van der Waals surface area contributed by atoms with Gasteiger partial charge in [0.05, 0.1) is 12.2 Å². The average Bonchev–Trinajstić information content (AvgIpc) is 2.85. The average molecular weight is 272 g/mol. The Morgan fingerprint density at radius 1 is 1.05 bits per heavy atom. The number of rotatable bonds is 12. The molecule has 0 aromatic carbocycles. The zero-order chi connectivity index (χ0) is 13.8. The van der Waals surface area contributed by atoms with Crippen LogP contribution in [0.4, 0.5) is 0 Å². The Balaban J connectivity index is 1.87.